The summed E-state index contributed by atoms with van der Waals surface area (Å²) in [5.74, 6) is 0.594. The van der Waals surface area contributed by atoms with Crippen LogP contribution in [0.5, 0.6) is 0 Å². The second-order valence-electron chi connectivity index (χ2n) is 6.29. The Morgan fingerprint density at radius 1 is 0.926 bits per heavy atom. The standard InChI is InChI=1S/C22H20N4O/c1-17-20(21(27)23-16-18-10-4-2-5-11-18)22(25-14-8-9-15-25)26(24-17)19-12-6-3-7-13-19/h2-15H,16H2,1H3,(H,23,27). The first-order chi connectivity index (χ1) is 13.2. The van der Waals surface area contributed by atoms with Crippen molar-refractivity contribution in [1.82, 2.24) is 19.7 Å². The van der Waals surface area contributed by atoms with Crippen LogP contribution in [0, 0.1) is 6.92 Å². The van der Waals surface area contributed by atoms with E-state index in [4.69, 9.17) is 0 Å². The van der Waals surface area contributed by atoms with Gasteiger partial charge in [-0.3, -0.25) is 4.79 Å². The highest BCUT2D eigenvalue weighted by Crippen LogP contribution is 2.23. The van der Waals surface area contributed by atoms with Crippen LogP contribution in [0.15, 0.2) is 85.2 Å². The maximum Gasteiger partial charge on any atom is 0.257 e. The van der Waals surface area contributed by atoms with Gasteiger partial charge in [-0.25, -0.2) is 4.68 Å². The van der Waals surface area contributed by atoms with Crippen molar-refractivity contribution in [2.45, 2.75) is 13.5 Å². The molecule has 5 nitrogen and oxygen atoms in total. The van der Waals surface area contributed by atoms with Crippen molar-refractivity contribution in [2.75, 3.05) is 0 Å². The van der Waals surface area contributed by atoms with Gasteiger partial charge in [-0.15, -0.1) is 0 Å². The Hall–Kier alpha value is -3.60. The molecule has 0 radical (unpaired) electrons. The number of hydrogen-bond acceptors (Lipinski definition) is 2. The van der Waals surface area contributed by atoms with Gasteiger partial charge in [0.1, 0.15) is 5.56 Å². The lowest BCUT2D eigenvalue weighted by atomic mass is 10.2. The largest absolute Gasteiger partial charge is 0.348 e. The summed E-state index contributed by atoms with van der Waals surface area (Å²) in [5, 5.41) is 7.67. The van der Waals surface area contributed by atoms with E-state index in [0.29, 0.717) is 17.8 Å². The van der Waals surface area contributed by atoms with E-state index in [1.165, 1.54) is 0 Å². The predicted molar refractivity (Wildman–Crippen MR) is 105 cm³/mol. The lowest BCUT2D eigenvalue weighted by Crippen LogP contribution is -2.24. The monoisotopic (exact) mass is 356 g/mol. The van der Waals surface area contributed by atoms with Crippen LogP contribution in [0.4, 0.5) is 0 Å². The SMILES string of the molecule is Cc1nn(-c2ccccc2)c(-n2cccc2)c1C(=O)NCc1ccccc1. The van der Waals surface area contributed by atoms with Crippen LogP contribution in [0.3, 0.4) is 0 Å². The highest BCUT2D eigenvalue weighted by molar-refractivity contribution is 5.98. The average molecular weight is 356 g/mol. The Bertz CT molecular complexity index is 1030. The molecule has 4 rings (SSSR count). The van der Waals surface area contributed by atoms with Gasteiger partial charge in [0.25, 0.3) is 5.91 Å². The number of rotatable bonds is 5. The van der Waals surface area contributed by atoms with Crippen molar-refractivity contribution in [3.05, 3.63) is 102 Å². The van der Waals surface area contributed by atoms with Crippen LogP contribution in [0.1, 0.15) is 21.6 Å². The first-order valence-electron chi connectivity index (χ1n) is 8.84. The molecule has 1 amide bonds. The lowest BCUT2D eigenvalue weighted by Gasteiger charge is -2.11. The molecule has 4 aromatic rings. The normalized spacial score (nSPS) is 10.7. The molecule has 2 aromatic heterocycles. The average Bonchev–Trinajstić information content (AvgIpc) is 3.35. The Balaban J connectivity index is 1.74. The Kier molecular flexibility index (Phi) is 4.58. The van der Waals surface area contributed by atoms with Gasteiger partial charge in [-0.05, 0) is 36.8 Å². The molecule has 0 saturated heterocycles. The number of benzene rings is 2. The third-order valence-corrected chi connectivity index (χ3v) is 4.41. The smallest absolute Gasteiger partial charge is 0.257 e. The number of aryl methyl sites for hydroxylation is 1. The predicted octanol–water partition coefficient (Wildman–Crippen LogP) is 3.90. The number of nitrogens with zero attached hydrogens (tertiary/aromatic N) is 3. The van der Waals surface area contributed by atoms with Crippen LogP contribution in [0.2, 0.25) is 0 Å². The summed E-state index contributed by atoms with van der Waals surface area (Å²) in [7, 11) is 0. The van der Waals surface area contributed by atoms with Gasteiger partial charge in [0.05, 0.1) is 11.4 Å². The Labute approximate surface area is 157 Å². The molecule has 0 aliphatic carbocycles. The summed E-state index contributed by atoms with van der Waals surface area (Å²) in [6.07, 6.45) is 3.84. The third kappa shape index (κ3) is 3.40. The molecule has 0 fully saturated rings. The zero-order chi connectivity index (χ0) is 18.6. The van der Waals surface area contributed by atoms with Gasteiger partial charge in [0, 0.05) is 18.9 Å². The highest BCUT2D eigenvalue weighted by atomic mass is 16.1. The van der Waals surface area contributed by atoms with E-state index in [1.807, 2.05) is 101 Å². The second kappa shape index (κ2) is 7.33. The van der Waals surface area contributed by atoms with E-state index in [1.54, 1.807) is 0 Å². The van der Waals surface area contributed by atoms with Crippen molar-refractivity contribution in [2.24, 2.45) is 0 Å². The molecule has 0 atom stereocenters. The van der Waals surface area contributed by atoms with Gasteiger partial charge in [0.15, 0.2) is 5.82 Å². The van der Waals surface area contributed by atoms with E-state index in [2.05, 4.69) is 10.4 Å². The van der Waals surface area contributed by atoms with Crippen LogP contribution >= 0.6 is 0 Å². The van der Waals surface area contributed by atoms with Gasteiger partial charge < -0.3 is 9.88 Å². The van der Waals surface area contributed by atoms with Crippen molar-refractivity contribution in [1.29, 1.82) is 0 Å². The number of aromatic nitrogens is 3. The molecule has 2 aromatic carbocycles. The molecule has 27 heavy (non-hydrogen) atoms. The molecule has 2 heterocycles. The summed E-state index contributed by atoms with van der Waals surface area (Å²) in [5.41, 5.74) is 3.23. The van der Waals surface area contributed by atoms with Crippen LogP contribution < -0.4 is 5.32 Å². The maximum atomic E-state index is 13.0. The third-order valence-electron chi connectivity index (χ3n) is 4.41. The van der Waals surface area contributed by atoms with Crippen LogP contribution in [-0.4, -0.2) is 20.3 Å². The Morgan fingerprint density at radius 2 is 1.56 bits per heavy atom. The van der Waals surface area contributed by atoms with Gasteiger partial charge >= 0.3 is 0 Å². The molecule has 0 aliphatic heterocycles. The number of carbonyl (C=O) groups is 1. The van der Waals surface area contributed by atoms with Gasteiger partial charge in [-0.2, -0.15) is 5.10 Å². The van der Waals surface area contributed by atoms with Crippen LogP contribution in [-0.2, 0) is 6.54 Å². The van der Waals surface area contributed by atoms with E-state index in [9.17, 15) is 4.79 Å². The lowest BCUT2D eigenvalue weighted by molar-refractivity contribution is 0.0950. The van der Waals surface area contributed by atoms with E-state index >= 15 is 0 Å². The molecule has 0 unspecified atom stereocenters. The minimum absolute atomic E-state index is 0.137. The zero-order valence-electron chi connectivity index (χ0n) is 15.0. The number of carbonyl (C=O) groups excluding carboxylic acids is 1. The van der Waals surface area contributed by atoms with Crippen molar-refractivity contribution >= 4 is 5.91 Å². The quantitative estimate of drug-likeness (QED) is 0.590. The fourth-order valence-electron chi connectivity index (χ4n) is 3.11. The topological polar surface area (TPSA) is 51.9 Å². The van der Waals surface area contributed by atoms with Crippen molar-refractivity contribution < 1.29 is 4.79 Å². The first-order valence-corrected chi connectivity index (χ1v) is 8.84. The van der Waals surface area contributed by atoms with E-state index in [-0.39, 0.29) is 5.91 Å². The summed E-state index contributed by atoms with van der Waals surface area (Å²) < 4.78 is 3.73. The highest BCUT2D eigenvalue weighted by Gasteiger charge is 2.23. The minimum Gasteiger partial charge on any atom is -0.348 e. The number of hydrogen-bond donors (Lipinski definition) is 1. The maximum absolute atomic E-state index is 13.0. The zero-order valence-corrected chi connectivity index (χ0v) is 15.0. The molecule has 0 aliphatic rings. The molecular weight excluding hydrogens is 336 g/mol. The van der Waals surface area contributed by atoms with Crippen molar-refractivity contribution in [3.8, 4) is 11.5 Å². The summed E-state index contributed by atoms with van der Waals surface area (Å²) in [6, 6.07) is 23.6. The second-order valence-corrected chi connectivity index (χ2v) is 6.29. The number of amides is 1. The Morgan fingerprint density at radius 3 is 2.22 bits per heavy atom. The van der Waals surface area contributed by atoms with Crippen LogP contribution in [0.25, 0.3) is 11.5 Å². The fraction of sp³-hybridized carbons (Fsp3) is 0.0909. The molecule has 0 spiro atoms. The van der Waals surface area contributed by atoms with Gasteiger partial charge in [0.2, 0.25) is 0 Å². The summed E-state index contributed by atoms with van der Waals surface area (Å²) in [6.45, 7) is 2.34. The molecule has 134 valence electrons. The molecule has 1 N–H and O–H groups in total. The minimum atomic E-state index is -0.137. The molecule has 0 saturated carbocycles. The van der Waals surface area contributed by atoms with E-state index in [0.717, 1.165) is 17.1 Å². The first kappa shape index (κ1) is 16.8. The fourth-order valence-corrected chi connectivity index (χ4v) is 3.11. The van der Waals surface area contributed by atoms with Crippen molar-refractivity contribution in [3.63, 3.8) is 0 Å². The summed E-state index contributed by atoms with van der Waals surface area (Å²) >= 11 is 0. The number of para-hydroxylation sites is 1. The molecular formula is C22H20N4O. The van der Waals surface area contributed by atoms with E-state index < -0.39 is 0 Å². The molecule has 5 heteroatoms. The number of nitrogens with one attached hydrogen (secondary N) is 1. The molecule has 0 bridgehead atoms. The summed E-state index contributed by atoms with van der Waals surface area (Å²) in [4.78, 5) is 13.0. The van der Waals surface area contributed by atoms with Gasteiger partial charge in [-0.1, -0.05) is 48.5 Å².